The highest BCUT2D eigenvalue weighted by Crippen LogP contribution is 2.30. The normalized spacial score (nSPS) is 15.4. The van der Waals surface area contributed by atoms with E-state index in [-0.39, 0.29) is 19.3 Å². The summed E-state index contributed by atoms with van der Waals surface area (Å²) in [4.78, 5) is 28.1. The highest BCUT2D eigenvalue weighted by Gasteiger charge is 2.21. The minimum atomic E-state index is -0.606. The van der Waals surface area contributed by atoms with Crippen LogP contribution in [0.15, 0.2) is 54.6 Å². The molecule has 0 aliphatic carbocycles. The number of nitrogens with one attached hydrogen (secondary N) is 1. The van der Waals surface area contributed by atoms with Crippen molar-refractivity contribution in [2.45, 2.75) is 6.10 Å². The van der Waals surface area contributed by atoms with Crippen LogP contribution < -0.4 is 14.8 Å². The zero-order chi connectivity index (χ0) is 20.1. The summed E-state index contributed by atoms with van der Waals surface area (Å²) >= 11 is 1.47. The first kappa shape index (κ1) is 18.9. The molecule has 3 aromatic rings. The third-order valence-corrected chi connectivity index (χ3v) is 5.11. The molecule has 1 amide bonds. The fourth-order valence-corrected chi connectivity index (χ4v) is 3.60. The summed E-state index contributed by atoms with van der Waals surface area (Å²) < 4.78 is 17.3. The van der Waals surface area contributed by atoms with E-state index in [4.69, 9.17) is 14.2 Å². The van der Waals surface area contributed by atoms with Crippen LogP contribution >= 0.6 is 11.3 Å². The number of hydrogen-bond donors (Lipinski definition) is 1. The van der Waals surface area contributed by atoms with Crippen molar-refractivity contribution in [1.29, 1.82) is 0 Å². The van der Waals surface area contributed by atoms with Gasteiger partial charge in [0.25, 0.3) is 5.91 Å². The molecule has 7 nitrogen and oxygen atoms in total. The van der Waals surface area contributed by atoms with Gasteiger partial charge in [-0.2, -0.15) is 0 Å². The second-order valence-electron chi connectivity index (χ2n) is 6.26. The number of aromatic nitrogens is 1. The van der Waals surface area contributed by atoms with Gasteiger partial charge in [-0.1, -0.05) is 24.3 Å². The molecule has 0 spiro atoms. The number of nitrogens with zero attached hydrogens (tertiary/aromatic N) is 1. The van der Waals surface area contributed by atoms with Crippen molar-refractivity contribution in [3.8, 4) is 11.5 Å². The number of carbonyl (C=O) groups excluding carboxylic acids is 2. The predicted molar refractivity (Wildman–Crippen MR) is 109 cm³/mol. The van der Waals surface area contributed by atoms with E-state index in [1.54, 1.807) is 6.08 Å². The third kappa shape index (κ3) is 4.91. The number of carbonyl (C=O) groups is 2. The molecule has 1 atom stereocenters. The molecule has 29 heavy (non-hydrogen) atoms. The van der Waals surface area contributed by atoms with Crippen LogP contribution in [0.2, 0.25) is 0 Å². The average molecular weight is 410 g/mol. The van der Waals surface area contributed by atoms with Gasteiger partial charge in [-0.15, -0.1) is 11.3 Å². The van der Waals surface area contributed by atoms with E-state index in [2.05, 4.69) is 10.3 Å². The Kier molecular flexibility index (Phi) is 5.71. The largest absolute Gasteiger partial charge is 0.486 e. The van der Waals surface area contributed by atoms with Crippen LogP contribution in [-0.2, 0) is 14.3 Å². The fourth-order valence-electron chi connectivity index (χ4n) is 2.73. The maximum absolute atomic E-state index is 11.9. The van der Waals surface area contributed by atoms with Gasteiger partial charge in [0.1, 0.15) is 17.7 Å². The molecule has 0 saturated heterocycles. The van der Waals surface area contributed by atoms with Gasteiger partial charge in [0.15, 0.2) is 18.1 Å². The van der Waals surface area contributed by atoms with Gasteiger partial charge in [0, 0.05) is 6.08 Å². The Morgan fingerprint density at radius 3 is 2.83 bits per heavy atom. The Hall–Kier alpha value is -3.39. The molecule has 1 aromatic heterocycles. The average Bonchev–Trinajstić information content (AvgIpc) is 3.17. The fraction of sp³-hybridized carbons (Fsp3) is 0.190. The first-order chi connectivity index (χ1) is 14.2. The van der Waals surface area contributed by atoms with Crippen LogP contribution in [-0.4, -0.2) is 42.7 Å². The van der Waals surface area contributed by atoms with Gasteiger partial charge in [-0.3, -0.25) is 4.79 Å². The molecule has 4 rings (SSSR count). The molecular weight excluding hydrogens is 392 g/mol. The highest BCUT2D eigenvalue weighted by molar-refractivity contribution is 7.19. The Balaban J connectivity index is 1.20. The lowest BCUT2D eigenvalue weighted by molar-refractivity contribution is -0.143. The smallest absolute Gasteiger partial charge is 0.331 e. The summed E-state index contributed by atoms with van der Waals surface area (Å²) in [5, 5.41) is 3.37. The molecule has 0 radical (unpaired) electrons. The molecule has 2 aromatic carbocycles. The summed E-state index contributed by atoms with van der Waals surface area (Å²) in [5.41, 5.74) is 0.876. The summed E-state index contributed by atoms with van der Waals surface area (Å²) in [7, 11) is 0. The SMILES string of the molecule is O=C(COC(=O)/C=C/c1nc2ccccc2s1)NCC1COc2ccccc2O1. The molecule has 2 heterocycles. The van der Waals surface area contributed by atoms with Crippen LogP contribution in [0.4, 0.5) is 0 Å². The van der Waals surface area contributed by atoms with Gasteiger partial charge in [0.2, 0.25) is 0 Å². The van der Waals surface area contributed by atoms with Gasteiger partial charge in [0.05, 0.1) is 16.8 Å². The van der Waals surface area contributed by atoms with Crippen molar-refractivity contribution in [3.63, 3.8) is 0 Å². The molecule has 1 N–H and O–H groups in total. The van der Waals surface area contributed by atoms with E-state index in [9.17, 15) is 9.59 Å². The van der Waals surface area contributed by atoms with Crippen molar-refractivity contribution < 1.29 is 23.8 Å². The van der Waals surface area contributed by atoms with Gasteiger partial charge in [-0.05, 0) is 30.3 Å². The van der Waals surface area contributed by atoms with Crippen LogP contribution in [0.25, 0.3) is 16.3 Å². The molecule has 8 heteroatoms. The number of esters is 1. The van der Waals surface area contributed by atoms with Crippen molar-refractivity contribution in [2.75, 3.05) is 19.8 Å². The van der Waals surface area contributed by atoms with Crippen molar-refractivity contribution >= 4 is 39.5 Å². The van der Waals surface area contributed by atoms with E-state index in [0.29, 0.717) is 23.1 Å². The second kappa shape index (κ2) is 8.74. The first-order valence-corrected chi connectivity index (χ1v) is 9.84. The number of benzene rings is 2. The van der Waals surface area contributed by atoms with E-state index in [1.807, 2.05) is 48.5 Å². The molecule has 0 bridgehead atoms. The Labute approximate surface area is 170 Å². The lowest BCUT2D eigenvalue weighted by Gasteiger charge is -2.26. The number of amides is 1. The van der Waals surface area contributed by atoms with Crippen molar-refractivity contribution in [3.05, 3.63) is 59.6 Å². The lowest BCUT2D eigenvalue weighted by atomic mass is 10.2. The standard InChI is InChI=1S/C21H18N2O5S/c24-19(22-11-14-12-26-16-6-2-3-7-17(16)28-14)13-27-21(25)10-9-20-23-15-5-1-4-8-18(15)29-20/h1-10,14H,11-13H2,(H,22,24)/b10-9+. The van der Waals surface area contributed by atoms with Gasteiger partial charge >= 0.3 is 5.97 Å². The van der Waals surface area contributed by atoms with Gasteiger partial charge < -0.3 is 19.5 Å². The Morgan fingerprint density at radius 1 is 1.17 bits per heavy atom. The predicted octanol–water partition coefficient (Wildman–Crippen LogP) is 2.81. The highest BCUT2D eigenvalue weighted by atomic mass is 32.1. The topological polar surface area (TPSA) is 86.8 Å². The molecule has 1 aliphatic heterocycles. The van der Waals surface area contributed by atoms with E-state index in [1.165, 1.54) is 17.4 Å². The molecule has 1 unspecified atom stereocenters. The Morgan fingerprint density at radius 2 is 1.97 bits per heavy atom. The number of fused-ring (bicyclic) bond motifs is 2. The minimum Gasteiger partial charge on any atom is -0.486 e. The Bertz CT molecular complexity index is 1030. The summed E-state index contributed by atoms with van der Waals surface area (Å²) in [6.07, 6.45) is 2.54. The number of ether oxygens (including phenoxy) is 3. The summed E-state index contributed by atoms with van der Waals surface area (Å²) in [5.74, 6) is 0.313. The molecule has 148 valence electrons. The molecule has 0 fully saturated rings. The molecule has 1 aliphatic rings. The number of thiazole rings is 1. The maximum atomic E-state index is 11.9. The van der Waals surface area contributed by atoms with Crippen molar-refractivity contribution in [1.82, 2.24) is 10.3 Å². The lowest BCUT2D eigenvalue weighted by Crippen LogP contribution is -2.42. The molecular formula is C21H18N2O5S. The zero-order valence-electron chi connectivity index (χ0n) is 15.4. The van der Waals surface area contributed by atoms with Crippen molar-refractivity contribution in [2.24, 2.45) is 0 Å². The second-order valence-corrected chi connectivity index (χ2v) is 7.32. The van der Waals surface area contributed by atoms with E-state index in [0.717, 1.165) is 10.2 Å². The van der Waals surface area contributed by atoms with Crippen LogP contribution in [0.1, 0.15) is 5.01 Å². The van der Waals surface area contributed by atoms with E-state index >= 15 is 0 Å². The third-order valence-electron chi connectivity index (χ3n) is 4.11. The maximum Gasteiger partial charge on any atom is 0.331 e. The quantitative estimate of drug-likeness (QED) is 0.497. The van der Waals surface area contributed by atoms with Crippen LogP contribution in [0, 0.1) is 0 Å². The summed E-state index contributed by atoms with van der Waals surface area (Å²) in [6, 6.07) is 15.1. The number of rotatable bonds is 6. The zero-order valence-corrected chi connectivity index (χ0v) is 16.2. The first-order valence-electron chi connectivity index (χ1n) is 9.03. The van der Waals surface area contributed by atoms with Crippen LogP contribution in [0.3, 0.4) is 0 Å². The van der Waals surface area contributed by atoms with Crippen LogP contribution in [0.5, 0.6) is 11.5 Å². The minimum absolute atomic E-state index is 0.256. The van der Waals surface area contributed by atoms with Gasteiger partial charge in [-0.25, -0.2) is 9.78 Å². The van der Waals surface area contributed by atoms with E-state index < -0.39 is 11.9 Å². The monoisotopic (exact) mass is 410 g/mol. The number of para-hydroxylation sites is 3. The summed E-state index contributed by atoms with van der Waals surface area (Å²) in [6.45, 7) is 0.224. The molecule has 0 saturated carbocycles. The number of hydrogen-bond acceptors (Lipinski definition) is 7.